The van der Waals surface area contributed by atoms with Crippen molar-refractivity contribution in [3.8, 4) is 10.4 Å². The summed E-state index contributed by atoms with van der Waals surface area (Å²) in [5, 5.41) is 18.5. The van der Waals surface area contributed by atoms with Crippen LogP contribution in [0.15, 0.2) is 53.4 Å². The highest BCUT2D eigenvalue weighted by Gasteiger charge is 2.24. The van der Waals surface area contributed by atoms with Gasteiger partial charge < -0.3 is 10.2 Å². The SMILES string of the molecule is Cc1ccc(S(=O)(=O)Cc2cc(-c3ccc(C(=O)O)cc3)sc2C(=O)O)c(C)c1. The lowest BCUT2D eigenvalue weighted by atomic mass is 10.1. The number of thiophene rings is 1. The first-order valence-corrected chi connectivity index (χ1v) is 11.0. The van der Waals surface area contributed by atoms with Crippen molar-refractivity contribution in [2.45, 2.75) is 24.5 Å². The van der Waals surface area contributed by atoms with E-state index in [9.17, 15) is 23.1 Å². The molecule has 150 valence electrons. The molecular weight excluding hydrogens is 412 g/mol. The molecule has 0 saturated carbocycles. The fourth-order valence-corrected chi connectivity index (χ4v) is 5.80. The number of hydrogen-bond donors (Lipinski definition) is 2. The van der Waals surface area contributed by atoms with E-state index in [0.29, 0.717) is 16.0 Å². The zero-order valence-corrected chi connectivity index (χ0v) is 17.3. The summed E-state index contributed by atoms with van der Waals surface area (Å²) in [5.41, 5.74) is 2.50. The number of carboxylic acid groups (broad SMARTS) is 2. The molecule has 6 nitrogen and oxygen atoms in total. The van der Waals surface area contributed by atoms with Crippen LogP contribution in [0, 0.1) is 13.8 Å². The lowest BCUT2D eigenvalue weighted by Gasteiger charge is -2.08. The summed E-state index contributed by atoms with van der Waals surface area (Å²) in [6.07, 6.45) is 0. The van der Waals surface area contributed by atoms with E-state index in [1.54, 1.807) is 43.3 Å². The summed E-state index contributed by atoms with van der Waals surface area (Å²) < 4.78 is 25.8. The molecule has 0 unspecified atom stereocenters. The maximum absolute atomic E-state index is 12.9. The molecule has 8 heteroatoms. The second kappa shape index (κ2) is 7.81. The molecule has 0 aliphatic carbocycles. The molecule has 0 atom stereocenters. The normalized spacial score (nSPS) is 11.4. The second-order valence-corrected chi connectivity index (χ2v) is 9.69. The van der Waals surface area contributed by atoms with Gasteiger partial charge in [-0.2, -0.15) is 0 Å². The van der Waals surface area contributed by atoms with Crippen molar-refractivity contribution < 1.29 is 28.2 Å². The summed E-state index contributed by atoms with van der Waals surface area (Å²) in [6.45, 7) is 3.58. The summed E-state index contributed by atoms with van der Waals surface area (Å²) in [5.74, 6) is -2.69. The van der Waals surface area contributed by atoms with E-state index in [1.807, 2.05) is 6.92 Å². The number of rotatable bonds is 6. The maximum Gasteiger partial charge on any atom is 0.346 e. The molecule has 0 fully saturated rings. The van der Waals surface area contributed by atoms with Crippen LogP contribution in [0.2, 0.25) is 0 Å². The number of benzene rings is 2. The Kier molecular flexibility index (Phi) is 5.59. The van der Waals surface area contributed by atoms with Gasteiger partial charge in [0.25, 0.3) is 0 Å². The third-order valence-corrected chi connectivity index (χ3v) is 7.46. The lowest BCUT2D eigenvalue weighted by molar-refractivity contribution is 0.0688. The van der Waals surface area contributed by atoms with E-state index in [2.05, 4.69) is 0 Å². The Balaban J connectivity index is 2.01. The minimum absolute atomic E-state index is 0.0457. The highest BCUT2D eigenvalue weighted by molar-refractivity contribution is 7.90. The molecule has 1 heterocycles. The van der Waals surface area contributed by atoms with Crippen LogP contribution >= 0.6 is 11.3 Å². The lowest BCUT2D eigenvalue weighted by Crippen LogP contribution is -2.09. The van der Waals surface area contributed by atoms with Crippen molar-refractivity contribution in [1.82, 2.24) is 0 Å². The summed E-state index contributed by atoms with van der Waals surface area (Å²) >= 11 is 0.966. The quantitative estimate of drug-likeness (QED) is 0.600. The molecule has 29 heavy (non-hydrogen) atoms. The average Bonchev–Trinajstić information content (AvgIpc) is 3.04. The van der Waals surface area contributed by atoms with Gasteiger partial charge >= 0.3 is 11.9 Å². The van der Waals surface area contributed by atoms with Gasteiger partial charge in [-0.25, -0.2) is 18.0 Å². The van der Waals surface area contributed by atoms with Gasteiger partial charge in [-0.3, -0.25) is 0 Å². The largest absolute Gasteiger partial charge is 0.478 e. The minimum atomic E-state index is -3.74. The molecule has 3 rings (SSSR count). The fourth-order valence-electron chi connectivity index (χ4n) is 3.07. The fraction of sp³-hybridized carbons (Fsp3) is 0.143. The summed E-state index contributed by atoms with van der Waals surface area (Å²) in [7, 11) is -3.74. The predicted molar refractivity (Wildman–Crippen MR) is 110 cm³/mol. The average molecular weight is 431 g/mol. The Hall–Kier alpha value is -2.97. The summed E-state index contributed by atoms with van der Waals surface area (Å²) in [6, 6.07) is 12.6. The van der Waals surface area contributed by atoms with Crippen LogP contribution < -0.4 is 0 Å². The van der Waals surface area contributed by atoms with Crippen molar-refractivity contribution in [3.63, 3.8) is 0 Å². The Labute approximate surface area is 172 Å². The van der Waals surface area contributed by atoms with Gasteiger partial charge in [0.05, 0.1) is 16.2 Å². The van der Waals surface area contributed by atoms with E-state index in [-0.39, 0.29) is 20.9 Å². The van der Waals surface area contributed by atoms with Crippen LogP contribution in [0.5, 0.6) is 0 Å². The van der Waals surface area contributed by atoms with Crippen LogP contribution in [-0.2, 0) is 15.6 Å². The van der Waals surface area contributed by atoms with Gasteiger partial charge in [0, 0.05) is 4.88 Å². The molecule has 0 aliphatic rings. The molecule has 0 amide bonds. The first-order valence-electron chi connectivity index (χ1n) is 8.58. The maximum atomic E-state index is 12.9. The Morgan fingerprint density at radius 3 is 2.14 bits per heavy atom. The van der Waals surface area contributed by atoms with Gasteiger partial charge in [0.15, 0.2) is 9.84 Å². The molecular formula is C21H18O6S2. The molecule has 3 aromatic rings. The highest BCUT2D eigenvalue weighted by Crippen LogP contribution is 2.34. The third kappa shape index (κ3) is 4.38. The van der Waals surface area contributed by atoms with Crippen molar-refractivity contribution in [1.29, 1.82) is 0 Å². The topological polar surface area (TPSA) is 109 Å². The number of carboxylic acids is 2. The van der Waals surface area contributed by atoms with Crippen molar-refractivity contribution in [2.24, 2.45) is 0 Å². The number of aromatic carboxylic acids is 2. The molecule has 1 aromatic heterocycles. The predicted octanol–water partition coefficient (Wildman–Crippen LogP) is 4.40. The molecule has 2 aromatic carbocycles. The molecule has 2 N–H and O–H groups in total. The number of carbonyl (C=O) groups is 2. The van der Waals surface area contributed by atoms with Crippen molar-refractivity contribution in [3.05, 3.63) is 75.7 Å². The van der Waals surface area contributed by atoms with Crippen molar-refractivity contribution in [2.75, 3.05) is 0 Å². The Morgan fingerprint density at radius 2 is 1.59 bits per heavy atom. The van der Waals surface area contributed by atoms with E-state index < -0.39 is 27.5 Å². The number of hydrogen-bond acceptors (Lipinski definition) is 5. The first-order chi connectivity index (χ1) is 13.6. The zero-order chi connectivity index (χ0) is 21.3. The highest BCUT2D eigenvalue weighted by atomic mass is 32.2. The van der Waals surface area contributed by atoms with Crippen LogP contribution in [0.1, 0.15) is 36.7 Å². The molecule has 0 bridgehead atoms. The van der Waals surface area contributed by atoms with Crippen LogP contribution in [0.4, 0.5) is 0 Å². The zero-order valence-electron chi connectivity index (χ0n) is 15.7. The summed E-state index contributed by atoms with van der Waals surface area (Å²) in [4.78, 5) is 23.4. The Morgan fingerprint density at radius 1 is 0.931 bits per heavy atom. The van der Waals surface area contributed by atoms with Crippen LogP contribution in [0.25, 0.3) is 10.4 Å². The second-order valence-electron chi connectivity index (χ2n) is 6.68. The monoisotopic (exact) mass is 430 g/mol. The Bertz CT molecular complexity index is 1200. The smallest absolute Gasteiger partial charge is 0.346 e. The third-order valence-electron chi connectivity index (χ3n) is 4.43. The van der Waals surface area contributed by atoms with E-state index >= 15 is 0 Å². The van der Waals surface area contributed by atoms with Gasteiger partial charge in [-0.05, 0) is 54.8 Å². The van der Waals surface area contributed by atoms with Crippen LogP contribution in [-0.4, -0.2) is 30.6 Å². The van der Waals surface area contributed by atoms with Gasteiger partial charge in [0.1, 0.15) is 4.88 Å². The number of sulfone groups is 1. The minimum Gasteiger partial charge on any atom is -0.478 e. The van der Waals surface area contributed by atoms with E-state index in [4.69, 9.17) is 5.11 Å². The van der Waals surface area contributed by atoms with Gasteiger partial charge in [-0.1, -0.05) is 29.8 Å². The van der Waals surface area contributed by atoms with Gasteiger partial charge in [0.2, 0.25) is 0 Å². The molecule has 0 spiro atoms. The number of aryl methyl sites for hydroxylation is 2. The standard InChI is InChI=1S/C21H18O6S2/c1-12-3-8-18(13(2)9-12)29(26,27)11-16-10-17(28-19(16)21(24)25)14-4-6-15(7-5-14)20(22)23/h3-10H,11H2,1-2H3,(H,22,23)(H,24,25). The van der Waals surface area contributed by atoms with Crippen LogP contribution in [0.3, 0.4) is 0 Å². The molecule has 0 aliphatic heterocycles. The first kappa shape index (κ1) is 20.8. The van der Waals surface area contributed by atoms with E-state index in [1.165, 1.54) is 12.1 Å². The van der Waals surface area contributed by atoms with E-state index in [0.717, 1.165) is 16.9 Å². The van der Waals surface area contributed by atoms with Gasteiger partial charge in [-0.15, -0.1) is 11.3 Å². The van der Waals surface area contributed by atoms with Crippen molar-refractivity contribution >= 4 is 33.1 Å². The molecule has 0 saturated heterocycles. The molecule has 0 radical (unpaired) electrons.